The van der Waals surface area contributed by atoms with Crippen molar-refractivity contribution in [2.45, 2.75) is 50.2 Å². The molecule has 4 rings (SSSR count). The first-order valence-electron chi connectivity index (χ1n) is 8.92. The van der Waals surface area contributed by atoms with Crippen LogP contribution in [0.15, 0.2) is 18.3 Å². The number of nitrogens with one attached hydrogen (secondary N) is 1. The minimum absolute atomic E-state index is 0.0351. The topological polar surface area (TPSA) is 54.5 Å². The van der Waals surface area contributed by atoms with Gasteiger partial charge in [0, 0.05) is 32.1 Å². The molecule has 0 aromatic carbocycles. The van der Waals surface area contributed by atoms with Crippen LogP contribution in [-0.4, -0.2) is 47.1 Å². The van der Waals surface area contributed by atoms with E-state index < -0.39 is 0 Å². The molecule has 1 amide bonds. The van der Waals surface area contributed by atoms with E-state index in [1.165, 1.54) is 18.9 Å². The molecule has 3 heterocycles. The zero-order valence-corrected chi connectivity index (χ0v) is 13.8. The summed E-state index contributed by atoms with van der Waals surface area (Å²) in [4.78, 5) is 18.4. The number of nitrogens with zero attached hydrogens (tertiary/aromatic N) is 2. The van der Waals surface area contributed by atoms with Crippen LogP contribution in [0.5, 0.6) is 0 Å². The van der Waals surface area contributed by atoms with Crippen molar-refractivity contribution in [3.63, 3.8) is 0 Å². The van der Waals surface area contributed by atoms with Gasteiger partial charge in [-0.05, 0) is 43.7 Å². The van der Waals surface area contributed by atoms with Gasteiger partial charge in [-0.1, -0.05) is 0 Å². The summed E-state index contributed by atoms with van der Waals surface area (Å²) in [6, 6.07) is 3.02. The highest BCUT2D eigenvalue weighted by molar-refractivity contribution is 5.77. The van der Waals surface area contributed by atoms with Crippen LogP contribution in [0.2, 0.25) is 0 Å². The molecule has 1 aromatic heterocycles. The van der Waals surface area contributed by atoms with Crippen molar-refractivity contribution in [1.82, 2.24) is 9.88 Å². The third-order valence-corrected chi connectivity index (χ3v) is 5.36. The smallest absolute Gasteiger partial charge is 0.222 e. The number of likely N-dealkylation sites (tertiary alicyclic amines) is 1. The number of rotatable bonds is 4. The minimum Gasteiger partial charge on any atom is -0.371 e. The number of aromatic nitrogens is 1. The molecule has 1 aromatic rings. The number of pyridine rings is 1. The molecule has 130 valence electrons. The lowest BCUT2D eigenvalue weighted by Crippen LogP contribution is -2.50. The van der Waals surface area contributed by atoms with Gasteiger partial charge in [-0.25, -0.2) is 9.37 Å². The summed E-state index contributed by atoms with van der Waals surface area (Å²) in [5.74, 6) is 0.817. The summed E-state index contributed by atoms with van der Waals surface area (Å²) in [5, 5.41) is 3.15. The van der Waals surface area contributed by atoms with Gasteiger partial charge in [-0.15, -0.1) is 0 Å². The van der Waals surface area contributed by atoms with Gasteiger partial charge in [-0.2, -0.15) is 0 Å². The van der Waals surface area contributed by atoms with Gasteiger partial charge >= 0.3 is 0 Å². The average Bonchev–Trinajstić information content (AvgIpc) is 3.31. The maximum atomic E-state index is 13.8. The number of halogens is 1. The predicted octanol–water partition coefficient (Wildman–Crippen LogP) is 2.58. The average molecular weight is 333 g/mol. The van der Waals surface area contributed by atoms with Crippen LogP contribution < -0.4 is 5.32 Å². The Balaban J connectivity index is 1.37. The van der Waals surface area contributed by atoms with Crippen molar-refractivity contribution in [1.29, 1.82) is 0 Å². The lowest BCUT2D eigenvalue weighted by atomic mass is 9.88. The Bertz CT molecular complexity index is 622. The van der Waals surface area contributed by atoms with E-state index in [2.05, 4.69) is 10.3 Å². The molecule has 1 spiro atoms. The molecule has 0 radical (unpaired) electrons. The Kier molecular flexibility index (Phi) is 4.16. The fraction of sp³-hybridized carbons (Fsp3) is 0.667. The van der Waals surface area contributed by atoms with Gasteiger partial charge in [0.05, 0.1) is 18.2 Å². The molecule has 2 aliphatic heterocycles. The molecule has 5 nitrogen and oxygen atoms in total. The standard InChI is InChI=1S/C18H24FN3O2/c19-15-3-1-7-20-17(15)21-14-10-18(24-11-14)6-2-8-22(12-18)16(23)9-13-4-5-13/h1,3,7,13-14H,2,4-6,8-12H2,(H,20,21)/t14-,18+/m0/s1. The Hall–Kier alpha value is -1.69. The van der Waals surface area contributed by atoms with E-state index in [0.717, 1.165) is 25.8 Å². The first-order valence-corrected chi connectivity index (χ1v) is 8.92. The summed E-state index contributed by atoms with van der Waals surface area (Å²) < 4.78 is 19.9. The van der Waals surface area contributed by atoms with Crippen molar-refractivity contribution in [2.24, 2.45) is 5.92 Å². The molecule has 3 aliphatic rings. The zero-order valence-electron chi connectivity index (χ0n) is 13.8. The maximum Gasteiger partial charge on any atom is 0.222 e. The molecule has 3 fully saturated rings. The predicted molar refractivity (Wildman–Crippen MR) is 88.1 cm³/mol. The third-order valence-electron chi connectivity index (χ3n) is 5.36. The number of anilines is 1. The van der Waals surface area contributed by atoms with Gasteiger partial charge in [0.2, 0.25) is 5.91 Å². The lowest BCUT2D eigenvalue weighted by molar-refractivity contribution is -0.139. The van der Waals surface area contributed by atoms with E-state index in [-0.39, 0.29) is 29.2 Å². The van der Waals surface area contributed by atoms with Gasteiger partial charge in [0.25, 0.3) is 0 Å². The van der Waals surface area contributed by atoms with Crippen LogP contribution >= 0.6 is 0 Å². The van der Waals surface area contributed by atoms with Crippen LogP contribution in [0.3, 0.4) is 0 Å². The van der Waals surface area contributed by atoms with Crippen molar-refractivity contribution in [3.05, 3.63) is 24.1 Å². The van der Waals surface area contributed by atoms with Gasteiger partial charge in [0.1, 0.15) is 0 Å². The monoisotopic (exact) mass is 333 g/mol. The van der Waals surface area contributed by atoms with Crippen molar-refractivity contribution >= 4 is 11.7 Å². The van der Waals surface area contributed by atoms with Crippen LogP contribution in [0.4, 0.5) is 10.2 Å². The largest absolute Gasteiger partial charge is 0.371 e. The zero-order chi connectivity index (χ0) is 16.6. The summed E-state index contributed by atoms with van der Waals surface area (Å²) in [7, 11) is 0. The first kappa shape index (κ1) is 15.8. The van der Waals surface area contributed by atoms with Crippen LogP contribution in [-0.2, 0) is 9.53 Å². The Labute approximate surface area is 141 Å². The number of carbonyl (C=O) groups excluding carboxylic acids is 1. The van der Waals surface area contributed by atoms with E-state index in [4.69, 9.17) is 4.74 Å². The van der Waals surface area contributed by atoms with Crippen LogP contribution in [0.1, 0.15) is 38.5 Å². The molecule has 1 N–H and O–H groups in total. The molecule has 6 heteroatoms. The molecule has 0 bridgehead atoms. The van der Waals surface area contributed by atoms with Gasteiger partial charge in [-0.3, -0.25) is 4.79 Å². The van der Waals surface area contributed by atoms with Crippen LogP contribution in [0, 0.1) is 11.7 Å². The second kappa shape index (κ2) is 6.31. The normalized spacial score (nSPS) is 29.9. The number of piperidine rings is 1. The highest BCUT2D eigenvalue weighted by Crippen LogP contribution is 2.37. The second-order valence-corrected chi connectivity index (χ2v) is 7.44. The van der Waals surface area contributed by atoms with E-state index in [1.54, 1.807) is 12.3 Å². The number of carbonyl (C=O) groups is 1. The summed E-state index contributed by atoms with van der Waals surface area (Å²) in [5.41, 5.74) is -0.277. The van der Waals surface area contributed by atoms with E-state index >= 15 is 0 Å². The van der Waals surface area contributed by atoms with Crippen molar-refractivity contribution in [3.8, 4) is 0 Å². The quantitative estimate of drug-likeness (QED) is 0.920. The van der Waals surface area contributed by atoms with Gasteiger partial charge in [0.15, 0.2) is 11.6 Å². The fourth-order valence-electron chi connectivity index (χ4n) is 3.92. The Morgan fingerprint density at radius 1 is 1.50 bits per heavy atom. The van der Waals surface area contributed by atoms with Crippen molar-refractivity contribution < 1.29 is 13.9 Å². The minimum atomic E-state index is -0.344. The highest BCUT2D eigenvalue weighted by Gasteiger charge is 2.45. The molecule has 1 aliphatic carbocycles. The molecule has 2 atom stereocenters. The Morgan fingerprint density at radius 3 is 3.17 bits per heavy atom. The van der Waals surface area contributed by atoms with E-state index in [9.17, 15) is 9.18 Å². The number of amides is 1. The van der Waals surface area contributed by atoms with E-state index in [1.807, 2.05) is 4.90 Å². The molecular formula is C18H24FN3O2. The molecule has 2 saturated heterocycles. The van der Waals surface area contributed by atoms with Crippen molar-refractivity contribution in [2.75, 3.05) is 25.0 Å². The van der Waals surface area contributed by atoms with Gasteiger partial charge < -0.3 is 15.0 Å². The lowest BCUT2D eigenvalue weighted by Gasteiger charge is -2.39. The molecule has 0 unspecified atom stereocenters. The van der Waals surface area contributed by atoms with E-state index in [0.29, 0.717) is 25.5 Å². The SMILES string of the molecule is O=C(CC1CC1)N1CCC[C@@]2(C[C@H](Nc3ncccc3F)CO2)C1. The first-order chi connectivity index (χ1) is 11.6. The summed E-state index contributed by atoms with van der Waals surface area (Å²) in [6.45, 7) is 2.03. The molecule has 24 heavy (non-hydrogen) atoms. The number of hydrogen-bond acceptors (Lipinski definition) is 4. The maximum absolute atomic E-state index is 13.8. The fourth-order valence-corrected chi connectivity index (χ4v) is 3.92. The molecular weight excluding hydrogens is 309 g/mol. The van der Waals surface area contributed by atoms with Crippen LogP contribution in [0.25, 0.3) is 0 Å². The highest BCUT2D eigenvalue weighted by atomic mass is 19.1. The third kappa shape index (κ3) is 3.38. The summed E-state index contributed by atoms with van der Waals surface area (Å²) >= 11 is 0. The summed E-state index contributed by atoms with van der Waals surface area (Å²) in [6.07, 6.45) is 7.39. The number of hydrogen-bond donors (Lipinski definition) is 1. The molecule has 1 saturated carbocycles. The second-order valence-electron chi connectivity index (χ2n) is 7.44. The Morgan fingerprint density at radius 2 is 2.38 bits per heavy atom. The number of ether oxygens (including phenoxy) is 1.